The average Bonchev–Trinajstić information content (AvgIpc) is 3.01. The van der Waals surface area contributed by atoms with Crippen LogP contribution in [0.25, 0.3) is 0 Å². The third-order valence-electron chi connectivity index (χ3n) is 8.31. The minimum Gasteiger partial charge on any atom is -0.457 e. The fourth-order valence-corrected chi connectivity index (χ4v) is 6.00. The fraction of sp³-hybridized carbons (Fsp3) is 0.921. The van der Waals surface area contributed by atoms with Crippen LogP contribution in [0.15, 0.2) is 12.2 Å². The summed E-state index contributed by atoms with van der Waals surface area (Å²) in [4.78, 5) is 22.7. The molecule has 8 nitrogen and oxygen atoms in total. The van der Waals surface area contributed by atoms with Crippen LogP contribution in [-0.2, 0) is 27.9 Å². The second kappa shape index (κ2) is 32.4. The van der Waals surface area contributed by atoms with Crippen molar-refractivity contribution in [2.45, 2.75) is 174 Å². The van der Waals surface area contributed by atoms with Crippen LogP contribution in [0.3, 0.4) is 0 Å². The van der Waals surface area contributed by atoms with E-state index in [2.05, 4.69) is 26.0 Å². The van der Waals surface area contributed by atoms with Crippen molar-refractivity contribution < 1.29 is 37.3 Å². The molecular formula is C38H77NO7P+. The number of nitrogens with zero attached hydrogens (tertiary/aromatic N) is 1. The number of phosphoric ester groups is 1. The Kier molecular flexibility index (Phi) is 31.9. The molecule has 0 aliphatic rings. The van der Waals surface area contributed by atoms with Gasteiger partial charge in [0, 0.05) is 13.0 Å². The summed E-state index contributed by atoms with van der Waals surface area (Å²) in [6, 6.07) is 0. The van der Waals surface area contributed by atoms with Gasteiger partial charge in [-0.15, -0.1) is 0 Å². The maximum Gasteiger partial charge on any atom is 0.472 e. The minimum atomic E-state index is -4.26. The molecular weight excluding hydrogens is 613 g/mol. The van der Waals surface area contributed by atoms with Gasteiger partial charge in [0.05, 0.1) is 34.4 Å². The maximum absolute atomic E-state index is 12.6. The van der Waals surface area contributed by atoms with Crippen LogP contribution in [0, 0.1) is 0 Å². The van der Waals surface area contributed by atoms with Crippen LogP contribution in [-0.4, -0.2) is 75.6 Å². The monoisotopic (exact) mass is 691 g/mol. The molecule has 2 atom stereocenters. The first-order chi connectivity index (χ1) is 22.6. The van der Waals surface area contributed by atoms with E-state index in [9.17, 15) is 14.3 Å². The molecule has 0 heterocycles. The number of ether oxygens (including phenoxy) is 2. The van der Waals surface area contributed by atoms with Gasteiger partial charge < -0.3 is 18.9 Å². The molecule has 0 spiro atoms. The smallest absolute Gasteiger partial charge is 0.457 e. The fourth-order valence-electron chi connectivity index (χ4n) is 5.26. The van der Waals surface area contributed by atoms with Crippen LogP contribution in [0.4, 0.5) is 0 Å². The van der Waals surface area contributed by atoms with Crippen molar-refractivity contribution in [1.82, 2.24) is 0 Å². The number of esters is 1. The first-order valence-corrected chi connectivity index (χ1v) is 20.9. The van der Waals surface area contributed by atoms with Crippen molar-refractivity contribution in [3.05, 3.63) is 12.2 Å². The highest BCUT2D eigenvalue weighted by Gasteiger charge is 2.26. The standard InChI is InChI=1S/C38H76NO7P/c1-6-8-10-12-14-16-18-19-20-21-22-24-26-28-30-33-43-35-37(36-45-47(41,42)44-34-32-39(3,4)5)46-38(40)31-29-27-25-23-17-15-13-11-9-7-2/h11,13,37H,6-10,12,14-36H2,1-5H3/p+1/b13-11-. The molecule has 0 amide bonds. The predicted octanol–water partition coefficient (Wildman–Crippen LogP) is 10.7. The summed E-state index contributed by atoms with van der Waals surface area (Å²) in [5.74, 6) is -0.324. The van der Waals surface area contributed by atoms with Gasteiger partial charge in [0.1, 0.15) is 19.3 Å². The molecule has 0 fully saturated rings. The van der Waals surface area contributed by atoms with Gasteiger partial charge in [-0.3, -0.25) is 13.8 Å². The van der Waals surface area contributed by atoms with Gasteiger partial charge in [-0.1, -0.05) is 142 Å². The molecule has 0 saturated carbocycles. The van der Waals surface area contributed by atoms with Crippen molar-refractivity contribution in [3.8, 4) is 0 Å². The number of unbranched alkanes of at least 4 members (excludes halogenated alkanes) is 20. The number of hydrogen-bond acceptors (Lipinski definition) is 6. The Labute approximate surface area is 290 Å². The zero-order valence-corrected chi connectivity index (χ0v) is 32.4. The molecule has 0 aromatic carbocycles. The normalized spacial score (nSPS) is 14.1. The molecule has 0 aliphatic carbocycles. The first kappa shape index (κ1) is 46.2. The highest BCUT2D eigenvalue weighted by atomic mass is 31.2. The second-order valence-corrected chi connectivity index (χ2v) is 15.8. The van der Waals surface area contributed by atoms with Gasteiger partial charge in [-0.2, -0.15) is 0 Å². The van der Waals surface area contributed by atoms with Crippen LogP contribution in [0.2, 0.25) is 0 Å². The lowest BCUT2D eigenvalue weighted by Gasteiger charge is -2.24. The number of likely N-dealkylation sites (N-methyl/N-ethyl adjacent to an activating group) is 1. The second-order valence-electron chi connectivity index (χ2n) is 14.3. The molecule has 9 heteroatoms. The lowest BCUT2D eigenvalue weighted by atomic mass is 10.0. The Morgan fingerprint density at radius 3 is 1.70 bits per heavy atom. The molecule has 0 aromatic rings. The highest BCUT2D eigenvalue weighted by molar-refractivity contribution is 7.47. The number of phosphoric acid groups is 1. The van der Waals surface area contributed by atoms with E-state index in [1.807, 2.05) is 21.1 Å². The first-order valence-electron chi connectivity index (χ1n) is 19.4. The number of allylic oxidation sites excluding steroid dienone is 2. The summed E-state index contributed by atoms with van der Waals surface area (Å²) in [7, 11) is 1.67. The van der Waals surface area contributed by atoms with E-state index in [0.29, 0.717) is 24.1 Å². The van der Waals surface area contributed by atoms with Crippen molar-refractivity contribution in [2.75, 3.05) is 54.1 Å². The predicted molar refractivity (Wildman–Crippen MR) is 197 cm³/mol. The Morgan fingerprint density at radius 1 is 0.638 bits per heavy atom. The number of carbonyl (C=O) groups excluding carboxylic acids is 1. The summed E-state index contributed by atoms with van der Waals surface area (Å²) in [5, 5.41) is 0. The van der Waals surface area contributed by atoms with E-state index in [4.69, 9.17) is 18.5 Å². The van der Waals surface area contributed by atoms with Crippen LogP contribution < -0.4 is 0 Å². The Morgan fingerprint density at radius 2 is 1.15 bits per heavy atom. The largest absolute Gasteiger partial charge is 0.472 e. The number of hydrogen-bond donors (Lipinski definition) is 1. The van der Waals surface area contributed by atoms with Crippen molar-refractivity contribution in [3.63, 3.8) is 0 Å². The number of rotatable bonds is 36. The van der Waals surface area contributed by atoms with Crippen LogP contribution in [0.5, 0.6) is 0 Å². The summed E-state index contributed by atoms with van der Waals surface area (Å²) in [6.45, 7) is 5.57. The van der Waals surface area contributed by atoms with Gasteiger partial charge in [0.2, 0.25) is 0 Å². The minimum absolute atomic E-state index is 0.0897. The van der Waals surface area contributed by atoms with E-state index in [-0.39, 0.29) is 25.8 Å². The molecule has 0 radical (unpaired) electrons. The summed E-state index contributed by atoms with van der Waals surface area (Å²) >= 11 is 0. The summed E-state index contributed by atoms with van der Waals surface area (Å²) in [5.41, 5.74) is 0. The third-order valence-corrected chi connectivity index (χ3v) is 9.29. The van der Waals surface area contributed by atoms with Crippen molar-refractivity contribution >= 4 is 13.8 Å². The molecule has 2 unspecified atom stereocenters. The van der Waals surface area contributed by atoms with Crippen molar-refractivity contribution in [2.24, 2.45) is 0 Å². The topological polar surface area (TPSA) is 91.3 Å². The Balaban J connectivity index is 4.24. The van der Waals surface area contributed by atoms with E-state index < -0.39 is 13.9 Å². The van der Waals surface area contributed by atoms with E-state index >= 15 is 0 Å². The quantitative estimate of drug-likeness (QED) is 0.0230. The van der Waals surface area contributed by atoms with Crippen LogP contribution in [0.1, 0.15) is 168 Å². The maximum atomic E-state index is 12.6. The molecule has 0 aliphatic heterocycles. The molecule has 280 valence electrons. The van der Waals surface area contributed by atoms with Gasteiger partial charge in [0.15, 0.2) is 0 Å². The van der Waals surface area contributed by atoms with E-state index in [1.54, 1.807) is 0 Å². The van der Waals surface area contributed by atoms with Crippen LogP contribution >= 0.6 is 7.82 Å². The number of quaternary nitrogens is 1. The van der Waals surface area contributed by atoms with E-state index in [0.717, 1.165) is 51.4 Å². The molecule has 0 aromatic heterocycles. The molecule has 0 bridgehead atoms. The van der Waals surface area contributed by atoms with Gasteiger partial charge in [-0.25, -0.2) is 4.57 Å². The van der Waals surface area contributed by atoms with Crippen molar-refractivity contribution in [1.29, 1.82) is 0 Å². The number of carbonyl (C=O) groups is 1. The zero-order chi connectivity index (χ0) is 34.9. The zero-order valence-electron chi connectivity index (χ0n) is 31.5. The van der Waals surface area contributed by atoms with E-state index in [1.165, 1.54) is 96.3 Å². The Hall–Kier alpha value is -0.760. The molecule has 1 N–H and O–H groups in total. The molecule has 0 rings (SSSR count). The Bertz CT molecular complexity index is 772. The van der Waals surface area contributed by atoms with Gasteiger partial charge >= 0.3 is 13.8 Å². The summed E-state index contributed by atoms with van der Waals surface area (Å²) in [6.07, 6.45) is 32.4. The lowest BCUT2D eigenvalue weighted by molar-refractivity contribution is -0.870. The highest BCUT2D eigenvalue weighted by Crippen LogP contribution is 2.43. The summed E-state index contributed by atoms with van der Waals surface area (Å²) < 4.78 is 34.8. The molecule has 47 heavy (non-hydrogen) atoms. The van der Waals surface area contributed by atoms with Gasteiger partial charge in [-0.05, 0) is 32.1 Å². The SMILES string of the molecule is CCC/C=C\CCCCCCCC(=O)OC(COCCCCCCCCCCCCCCCCC)COP(=O)(O)OCC[N+](C)(C)C. The molecule has 0 saturated heterocycles. The lowest BCUT2D eigenvalue weighted by Crippen LogP contribution is -2.37. The third kappa shape index (κ3) is 36.3. The van der Waals surface area contributed by atoms with Gasteiger partial charge in [0.25, 0.3) is 0 Å². The average molecular weight is 691 g/mol.